The molecule has 0 amide bonds. The number of anilines is 1. The van der Waals surface area contributed by atoms with E-state index in [1.165, 1.54) is 0 Å². The molecule has 112 valence electrons. The van der Waals surface area contributed by atoms with Crippen molar-refractivity contribution in [3.63, 3.8) is 0 Å². The number of aliphatic hydroxyl groups is 1. The predicted octanol–water partition coefficient (Wildman–Crippen LogP) is 2.94. The minimum atomic E-state index is -0.115. The van der Waals surface area contributed by atoms with Crippen LogP contribution in [0, 0.1) is 12.8 Å². The first-order valence-electron chi connectivity index (χ1n) is 7.23. The molecule has 0 radical (unpaired) electrons. The van der Waals surface area contributed by atoms with Gasteiger partial charge in [-0.15, -0.1) is 0 Å². The Kier molecular flexibility index (Phi) is 4.55. The lowest BCUT2D eigenvalue weighted by Gasteiger charge is -2.24. The summed E-state index contributed by atoms with van der Waals surface area (Å²) in [6.45, 7) is 10.4. The highest BCUT2D eigenvalue weighted by Gasteiger charge is 2.27. The number of aromatic nitrogens is 2. The molecule has 1 aromatic rings. The highest BCUT2D eigenvalue weighted by Crippen LogP contribution is 2.31. The maximum Gasteiger partial charge on any atom is 0.137 e. The van der Waals surface area contributed by atoms with Crippen molar-refractivity contribution in [2.24, 2.45) is 5.92 Å². The second kappa shape index (κ2) is 5.86. The zero-order valence-electron chi connectivity index (χ0n) is 12.8. The molecule has 2 rings (SSSR count). The van der Waals surface area contributed by atoms with Crippen molar-refractivity contribution in [3.8, 4) is 0 Å². The third-order valence-electron chi connectivity index (χ3n) is 3.85. The fourth-order valence-electron chi connectivity index (χ4n) is 2.56. The number of rotatable bonds is 3. The second-order valence-electron chi connectivity index (χ2n) is 6.65. The number of halogens is 1. The average Bonchev–Trinajstić information content (AvgIpc) is 2.80. The topological polar surface area (TPSA) is 49.2 Å². The van der Waals surface area contributed by atoms with Crippen LogP contribution in [0.2, 0.25) is 5.15 Å². The van der Waals surface area contributed by atoms with Gasteiger partial charge in [-0.05, 0) is 25.7 Å². The molecular weight excluding hydrogens is 274 g/mol. The molecule has 2 heterocycles. The van der Waals surface area contributed by atoms with Crippen LogP contribution in [0.3, 0.4) is 0 Å². The van der Waals surface area contributed by atoms with Crippen LogP contribution in [-0.2, 0) is 5.41 Å². The molecule has 1 saturated heterocycles. The summed E-state index contributed by atoms with van der Waals surface area (Å²) in [5.41, 5.74) is 0.834. The van der Waals surface area contributed by atoms with Crippen LogP contribution in [-0.4, -0.2) is 34.8 Å². The monoisotopic (exact) mass is 297 g/mol. The van der Waals surface area contributed by atoms with Gasteiger partial charge in [0.15, 0.2) is 0 Å². The Morgan fingerprint density at radius 2 is 2.05 bits per heavy atom. The van der Waals surface area contributed by atoms with Crippen LogP contribution in [0.15, 0.2) is 0 Å². The number of hydrogen-bond acceptors (Lipinski definition) is 4. The van der Waals surface area contributed by atoms with E-state index in [9.17, 15) is 0 Å². The second-order valence-corrected chi connectivity index (χ2v) is 7.01. The van der Waals surface area contributed by atoms with Gasteiger partial charge >= 0.3 is 0 Å². The highest BCUT2D eigenvalue weighted by molar-refractivity contribution is 6.30. The van der Waals surface area contributed by atoms with Gasteiger partial charge in [-0.25, -0.2) is 9.97 Å². The molecule has 1 atom stereocenters. The van der Waals surface area contributed by atoms with Crippen molar-refractivity contribution in [1.82, 2.24) is 9.97 Å². The van der Waals surface area contributed by atoms with Crippen LogP contribution in [0.4, 0.5) is 5.82 Å². The minimum absolute atomic E-state index is 0.115. The van der Waals surface area contributed by atoms with Gasteiger partial charge in [0, 0.05) is 30.7 Å². The zero-order valence-corrected chi connectivity index (χ0v) is 13.5. The van der Waals surface area contributed by atoms with E-state index in [2.05, 4.69) is 30.7 Å². The standard InChI is InChI=1S/C15H24ClN3O/c1-10-12(16)17-14(15(2,3)4)18-13(10)19-7-5-11(9-19)6-8-20/h11,20H,5-9H2,1-4H3. The van der Waals surface area contributed by atoms with Crippen LogP contribution in [0.25, 0.3) is 0 Å². The van der Waals surface area contributed by atoms with E-state index < -0.39 is 0 Å². The van der Waals surface area contributed by atoms with Gasteiger partial charge in [0.25, 0.3) is 0 Å². The summed E-state index contributed by atoms with van der Waals surface area (Å²) in [5.74, 6) is 2.29. The zero-order chi connectivity index (χ0) is 14.9. The molecule has 1 aliphatic rings. The predicted molar refractivity (Wildman–Crippen MR) is 82.5 cm³/mol. The largest absolute Gasteiger partial charge is 0.396 e. The SMILES string of the molecule is Cc1c(Cl)nc(C(C)(C)C)nc1N1CCC(CCO)C1. The van der Waals surface area contributed by atoms with Crippen molar-refractivity contribution in [1.29, 1.82) is 0 Å². The summed E-state index contributed by atoms with van der Waals surface area (Å²) in [5, 5.41) is 9.61. The van der Waals surface area contributed by atoms with Gasteiger partial charge in [-0.3, -0.25) is 0 Å². The Labute approximate surface area is 126 Å². The van der Waals surface area contributed by atoms with Crippen molar-refractivity contribution >= 4 is 17.4 Å². The Morgan fingerprint density at radius 1 is 1.35 bits per heavy atom. The van der Waals surface area contributed by atoms with Gasteiger partial charge in [-0.2, -0.15) is 0 Å². The summed E-state index contributed by atoms with van der Waals surface area (Å²) in [6, 6.07) is 0. The molecule has 20 heavy (non-hydrogen) atoms. The summed E-state index contributed by atoms with van der Waals surface area (Å²) < 4.78 is 0. The molecule has 0 bridgehead atoms. The van der Waals surface area contributed by atoms with E-state index in [4.69, 9.17) is 21.7 Å². The van der Waals surface area contributed by atoms with Crippen LogP contribution >= 0.6 is 11.6 Å². The third kappa shape index (κ3) is 3.23. The smallest absolute Gasteiger partial charge is 0.137 e. The summed E-state index contributed by atoms with van der Waals surface area (Å²) in [4.78, 5) is 11.4. The molecule has 0 aromatic carbocycles. The van der Waals surface area contributed by atoms with E-state index in [0.29, 0.717) is 11.1 Å². The lowest BCUT2D eigenvalue weighted by Crippen LogP contribution is -2.25. The highest BCUT2D eigenvalue weighted by atomic mass is 35.5. The van der Waals surface area contributed by atoms with Gasteiger partial charge < -0.3 is 10.0 Å². The van der Waals surface area contributed by atoms with Crippen LogP contribution in [0.1, 0.15) is 45.0 Å². The molecule has 1 fully saturated rings. The first-order chi connectivity index (χ1) is 9.32. The lowest BCUT2D eigenvalue weighted by atomic mass is 9.95. The summed E-state index contributed by atoms with van der Waals surface area (Å²) in [6.07, 6.45) is 1.97. The maximum absolute atomic E-state index is 9.07. The van der Waals surface area contributed by atoms with E-state index in [-0.39, 0.29) is 12.0 Å². The van der Waals surface area contributed by atoms with Crippen molar-refractivity contribution in [3.05, 3.63) is 16.5 Å². The van der Waals surface area contributed by atoms with E-state index >= 15 is 0 Å². The van der Waals surface area contributed by atoms with Crippen molar-refractivity contribution in [2.45, 2.75) is 46.0 Å². The van der Waals surface area contributed by atoms with Gasteiger partial charge in [-0.1, -0.05) is 32.4 Å². The molecule has 5 heteroatoms. The van der Waals surface area contributed by atoms with E-state index in [1.807, 2.05) is 6.92 Å². The Hall–Kier alpha value is -0.870. The fraction of sp³-hybridized carbons (Fsp3) is 0.733. The van der Waals surface area contributed by atoms with Crippen LogP contribution < -0.4 is 4.90 Å². The van der Waals surface area contributed by atoms with Gasteiger partial charge in [0.1, 0.15) is 16.8 Å². The Balaban J connectivity index is 2.30. The van der Waals surface area contributed by atoms with Crippen LogP contribution in [0.5, 0.6) is 0 Å². The Bertz CT molecular complexity index is 485. The lowest BCUT2D eigenvalue weighted by molar-refractivity contribution is 0.263. The normalized spacial score (nSPS) is 19.7. The molecule has 0 saturated carbocycles. The molecule has 0 aliphatic carbocycles. The molecule has 1 aliphatic heterocycles. The molecule has 1 aromatic heterocycles. The third-order valence-corrected chi connectivity index (χ3v) is 4.22. The number of aliphatic hydroxyl groups excluding tert-OH is 1. The fourth-order valence-corrected chi connectivity index (χ4v) is 2.73. The summed E-state index contributed by atoms with van der Waals surface area (Å²) in [7, 11) is 0. The number of nitrogens with zero attached hydrogens (tertiary/aromatic N) is 3. The molecular formula is C15H24ClN3O. The first kappa shape index (κ1) is 15.5. The van der Waals surface area contributed by atoms with Crippen molar-refractivity contribution < 1.29 is 5.11 Å². The minimum Gasteiger partial charge on any atom is -0.396 e. The van der Waals surface area contributed by atoms with E-state index in [1.54, 1.807) is 0 Å². The van der Waals surface area contributed by atoms with E-state index in [0.717, 1.165) is 43.1 Å². The molecule has 1 unspecified atom stereocenters. The maximum atomic E-state index is 9.07. The molecule has 4 nitrogen and oxygen atoms in total. The Morgan fingerprint density at radius 3 is 2.65 bits per heavy atom. The van der Waals surface area contributed by atoms with Gasteiger partial charge in [0.2, 0.25) is 0 Å². The first-order valence-corrected chi connectivity index (χ1v) is 7.61. The quantitative estimate of drug-likeness (QED) is 0.872. The number of hydrogen-bond donors (Lipinski definition) is 1. The molecule has 0 spiro atoms. The summed E-state index contributed by atoms with van der Waals surface area (Å²) >= 11 is 6.28. The molecule has 1 N–H and O–H groups in total. The van der Waals surface area contributed by atoms with Gasteiger partial charge in [0.05, 0.1) is 0 Å². The average molecular weight is 298 g/mol. The van der Waals surface area contributed by atoms with Crippen molar-refractivity contribution in [2.75, 3.05) is 24.6 Å².